The van der Waals surface area contributed by atoms with E-state index in [0.29, 0.717) is 32.5 Å². The van der Waals surface area contributed by atoms with Crippen molar-refractivity contribution in [3.05, 3.63) is 59.9 Å². The lowest BCUT2D eigenvalue weighted by Gasteiger charge is -2.33. The van der Waals surface area contributed by atoms with Crippen LogP contribution in [0.4, 0.5) is 4.39 Å². The summed E-state index contributed by atoms with van der Waals surface area (Å²) in [5, 5.41) is 0.797. The molecule has 1 aromatic heterocycles. The van der Waals surface area contributed by atoms with E-state index < -0.39 is 10.0 Å². The summed E-state index contributed by atoms with van der Waals surface area (Å²) in [5.41, 5.74) is 3.69. The molecule has 32 heavy (non-hydrogen) atoms. The number of H-pyrrole nitrogens is 1. The lowest BCUT2D eigenvalue weighted by molar-refractivity contribution is -0.132. The maximum Gasteiger partial charge on any atom is 0.222 e. The fraction of sp³-hybridized carbons (Fsp3) is 0.375. The molecule has 0 spiro atoms. The van der Waals surface area contributed by atoms with E-state index in [1.54, 1.807) is 6.07 Å². The number of nitrogens with one attached hydrogen (secondary N) is 2. The smallest absolute Gasteiger partial charge is 0.222 e. The van der Waals surface area contributed by atoms with Crippen LogP contribution in [0.15, 0.2) is 48.5 Å². The van der Waals surface area contributed by atoms with Crippen molar-refractivity contribution in [2.45, 2.75) is 25.7 Å². The number of likely N-dealkylation sites (tertiary alicyclic amines) is 1. The molecule has 2 heterocycles. The standard InChI is InChI=1S/C24H28FN3O3S/c1-32(30,31)26-15-17-6-5-13-28(16-17)23(29)12-10-20-21-14-19(25)9-11-22(21)27-24(20)18-7-3-2-4-8-18/h2-4,7-9,11,14,17,26-27H,5-6,10,12-13,15-16H2,1H3. The van der Waals surface area contributed by atoms with Crippen LogP contribution in [-0.2, 0) is 21.2 Å². The summed E-state index contributed by atoms with van der Waals surface area (Å²) >= 11 is 0. The molecule has 0 saturated carbocycles. The van der Waals surface area contributed by atoms with Gasteiger partial charge in [0.2, 0.25) is 15.9 Å². The summed E-state index contributed by atoms with van der Waals surface area (Å²) < 4.78 is 39.3. The summed E-state index contributed by atoms with van der Waals surface area (Å²) in [4.78, 5) is 18.2. The van der Waals surface area contributed by atoms with Crippen LogP contribution in [0.5, 0.6) is 0 Å². The second-order valence-corrected chi connectivity index (χ2v) is 10.3. The van der Waals surface area contributed by atoms with Gasteiger partial charge >= 0.3 is 0 Å². The van der Waals surface area contributed by atoms with Gasteiger partial charge in [0, 0.05) is 42.7 Å². The Kier molecular flexibility index (Phi) is 6.62. The highest BCUT2D eigenvalue weighted by molar-refractivity contribution is 7.88. The fourth-order valence-electron chi connectivity index (χ4n) is 4.45. The third-order valence-electron chi connectivity index (χ3n) is 6.03. The molecule has 1 aliphatic heterocycles. The molecule has 0 radical (unpaired) electrons. The SMILES string of the molecule is CS(=O)(=O)NCC1CCCN(C(=O)CCc2c(-c3ccccc3)[nH]c3ccc(F)cc23)C1. The maximum atomic E-state index is 14.0. The maximum absolute atomic E-state index is 14.0. The van der Waals surface area contributed by atoms with Crippen LogP contribution >= 0.6 is 0 Å². The number of carbonyl (C=O) groups excluding carboxylic acids is 1. The van der Waals surface area contributed by atoms with Gasteiger partial charge in [0.15, 0.2) is 0 Å². The molecule has 8 heteroatoms. The van der Waals surface area contributed by atoms with Crippen LogP contribution in [0.1, 0.15) is 24.8 Å². The number of aryl methyl sites for hydroxylation is 1. The van der Waals surface area contributed by atoms with E-state index in [1.165, 1.54) is 12.1 Å². The Balaban J connectivity index is 1.50. The molecule has 2 N–H and O–H groups in total. The first-order valence-electron chi connectivity index (χ1n) is 10.9. The molecule has 4 rings (SSSR count). The summed E-state index contributed by atoms with van der Waals surface area (Å²) in [7, 11) is -3.24. The van der Waals surface area contributed by atoms with Crippen LogP contribution in [0.2, 0.25) is 0 Å². The number of amides is 1. The molecule has 170 valence electrons. The minimum atomic E-state index is -3.24. The zero-order valence-corrected chi connectivity index (χ0v) is 18.9. The van der Waals surface area contributed by atoms with Crippen molar-refractivity contribution in [1.29, 1.82) is 0 Å². The van der Waals surface area contributed by atoms with Crippen LogP contribution < -0.4 is 4.72 Å². The highest BCUT2D eigenvalue weighted by atomic mass is 32.2. The van der Waals surface area contributed by atoms with E-state index in [4.69, 9.17) is 0 Å². The van der Waals surface area contributed by atoms with Gasteiger partial charge in [-0.05, 0) is 54.5 Å². The normalized spacial score (nSPS) is 17.1. The third kappa shape index (κ3) is 5.37. The Morgan fingerprint density at radius 3 is 2.75 bits per heavy atom. The van der Waals surface area contributed by atoms with Gasteiger partial charge in [0.1, 0.15) is 5.82 Å². The van der Waals surface area contributed by atoms with E-state index in [0.717, 1.165) is 46.8 Å². The van der Waals surface area contributed by atoms with Crippen LogP contribution in [0, 0.1) is 11.7 Å². The number of halogens is 1. The number of hydrogen-bond acceptors (Lipinski definition) is 3. The Labute approximate surface area is 187 Å². The number of sulfonamides is 1. The van der Waals surface area contributed by atoms with Gasteiger partial charge in [-0.3, -0.25) is 4.79 Å². The second-order valence-electron chi connectivity index (χ2n) is 8.50. The number of fused-ring (bicyclic) bond motifs is 1. The first-order valence-corrected chi connectivity index (χ1v) is 12.8. The Morgan fingerprint density at radius 2 is 2.00 bits per heavy atom. The average Bonchev–Trinajstić information content (AvgIpc) is 3.14. The van der Waals surface area contributed by atoms with Crippen molar-refractivity contribution in [3.63, 3.8) is 0 Å². The molecule has 1 fully saturated rings. The average molecular weight is 458 g/mol. The first-order chi connectivity index (χ1) is 15.3. The minimum Gasteiger partial charge on any atom is -0.354 e. The molecule has 1 unspecified atom stereocenters. The number of carbonyl (C=O) groups is 1. The largest absolute Gasteiger partial charge is 0.354 e. The number of benzene rings is 2. The van der Waals surface area contributed by atoms with Gasteiger partial charge in [-0.2, -0.15) is 0 Å². The molecule has 0 aliphatic carbocycles. The van der Waals surface area contributed by atoms with E-state index in [-0.39, 0.29) is 17.6 Å². The molecule has 2 aromatic carbocycles. The number of rotatable bonds is 7. The number of hydrogen-bond donors (Lipinski definition) is 2. The molecule has 1 aliphatic rings. The molecule has 3 aromatic rings. The fourth-order valence-corrected chi connectivity index (χ4v) is 4.99. The van der Waals surface area contributed by atoms with Crippen molar-refractivity contribution in [2.24, 2.45) is 5.92 Å². The van der Waals surface area contributed by atoms with Gasteiger partial charge in [-0.15, -0.1) is 0 Å². The summed E-state index contributed by atoms with van der Waals surface area (Å²) in [6.45, 7) is 1.58. The Hall–Kier alpha value is -2.71. The van der Waals surface area contributed by atoms with E-state index in [2.05, 4.69) is 9.71 Å². The monoisotopic (exact) mass is 457 g/mol. The zero-order valence-electron chi connectivity index (χ0n) is 18.1. The molecular formula is C24H28FN3O3S. The van der Waals surface area contributed by atoms with Crippen LogP contribution in [0.3, 0.4) is 0 Å². The van der Waals surface area contributed by atoms with Crippen LogP contribution in [0.25, 0.3) is 22.2 Å². The number of piperidine rings is 1. The predicted molar refractivity (Wildman–Crippen MR) is 124 cm³/mol. The number of aromatic amines is 1. The zero-order chi connectivity index (χ0) is 22.7. The lowest BCUT2D eigenvalue weighted by atomic mass is 9.97. The Bertz CT molecular complexity index is 1210. The topological polar surface area (TPSA) is 82.3 Å². The van der Waals surface area contributed by atoms with Crippen molar-refractivity contribution >= 4 is 26.8 Å². The quantitative estimate of drug-likeness (QED) is 0.568. The molecule has 6 nitrogen and oxygen atoms in total. The number of nitrogens with zero attached hydrogens (tertiary/aromatic N) is 1. The van der Waals surface area contributed by atoms with Gasteiger partial charge in [0.25, 0.3) is 0 Å². The molecule has 0 bridgehead atoms. The predicted octanol–water partition coefficient (Wildman–Crippen LogP) is 3.69. The summed E-state index contributed by atoms with van der Waals surface area (Å²) in [6, 6.07) is 14.5. The van der Waals surface area contributed by atoms with Crippen molar-refractivity contribution in [2.75, 3.05) is 25.9 Å². The van der Waals surface area contributed by atoms with Crippen LogP contribution in [-0.4, -0.2) is 50.1 Å². The number of aromatic nitrogens is 1. The molecule has 1 atom stereocenters. The highest BCUT2D eigenvalue weighted by Crippen LogP contribution is 2.32. The van der Waals surface area contributed by atoms with Crippen molar-refractivity contribution in [3.8, 4) is 11.3 Å². The lowest BCUT2D eigenvalue weighted by Crippen LogP contribution is -2.43. The highest BCUT2D eigenvalue weighted by Gasteiger charge is 2.25. The summed E-state index contributed by atoms with van der Waals surface area (Å²) in [5.74, 6) is -0.149. The van der Waals surface area contributed by atoms with E-state index in [1.807, 2.05) is 35.2 Å². The second kappa shape index (κ2) is 9.42. The van der Waals surface area contributed by atoms with Gasteiger partial charge < -0.3 is 9.88 Å². The molecule has 1 amide bonds. The first kappa shape index (κ1) is 22.5. The minimum absolute atomic E-state index is 0.0406. The third-order valence-corrected chi connectivity index (χ3v) is 6.72. The van der Waals surface area contributed by atoms with Crippen molar-refractivity contribution in [1.82, 2.24) is 14.6 Å². The van der Waals surface area contributed by atoms with Gasteiger partial charge in [0.05, 0.1) is 6.26 Å². The molecule has 1 saturated heterocycles. The Morgan fingerprint density at radius 1 is 1.22 bits per heavy atom. The molecular weight excluding hydrogens is 429 g/mol. The van der Waals surface area contributed by atoms with E-state index >= 15 is 0 Å². The van der Waals surface area contributed by atoms with E-state index in [9.17, 15) is 17.6 Å². The van der Waals surface area contributed by atoms with Gasteiger partial charge in [-0.25, -0.2) is 17.5 Å². The van der Waals surface area contributed by atoms with Crippen molar-refractivity contribution < 1.29 is 17.6 Å². The van der Waals surface area contributed by atoms with Gasteiger partial charge in [-0.1, -0.05) is 30.3 Å². The summed E-state index contributed by atoms with van der Waals surface area (Å²) in [6.07, 6.45) is 3.71.